The first-order valence-electron chi connectivity index (χ1n) is 19.8. The summed E-state index contributed by atoms with van der Waals surface area (Å²) in [5, 5.41) is 56.5. The van der Waals surface area contributed by atoms with Crippen LogP contribution in [-0.4, -0.2) is 67.7 Å². The molecule has 2 heterocycles. The third-order valence-corrected chi connectivity index (χ3v) is 14.5. The summed E-state index contributed by atoms with van der Waals surface area (Å²) in [6.07, 6.45) is 0. The summed E-state index contributed by atoms with van der Waals surface area (Å²) in [5.74, 6) is -0.679. The van der Waals surface area contributed by atoms with Gasteiger partial charge in [0, 0.05) is 58.0 Å². The molecule has 0 aliphatic heterocycles. The van der Waals surface area contributed by atoms with Crippen molar-refractivity contribution < 1.29 is 61.6 Å². The number of nitrogens with one attached hydrogen (secondary N) is 3. The van der Waals surface area contributed by atoms with Gasteiger partial charge < -0.3 is 16.0 Å². The van der Waals surface area contributed by atoms with Crippen LogP contribution in [0.15, 0.2) is 137 Å². The molecule has 0 saturated carbocycles. The third kappa shape index (κ3) is 11.7. The van der Waals surface area contributed by atoms with Gasteiger partial charge in [-0.15, -0.1) is 20.5 Å². The number of nitro groups is 1. The molecule has 0 unspecified atom stereocenters. The number of azo groups is 2. The van der Waals surface area contributed by atoms with E-state index in [1.54, 1.807) is 0 Å². The monoisotopic (exact) mass is 1090 g/mol. The number of anilines is 5. The molecule has 73 heavy (non-hydrogen) atoms. The first-order chi connectivity index (χ1) is 34.2. The number of hydrogen-bond acceptors (Lipinski definition) is 21. The summed E-state index contributed by atoms with van der Waals surface area (Å²) in [5.41, 5.74) is -0.844. The van der Waals surface area contributed by atoms with E-state index in [1.165, 1.54) is 62.4 Å². The van der Waals surface area contributed by atoms with Gasteiger partial charge in [0.2, 0.25) is 5.91 Å². The summed E-state index contributed by atoms with van der Waals surface area (Å²) in [7, 11) is -19.8. The molecule has 31 heteroatoms. The average Bonchev–Trinajstić information content (AvgIpc) is 3.66. The molecule has 1 amide bonds. The number of non-ortho nitro benzene ring substituents is 1. The second-order valence-corrected chi connectivity index (χ2v) is 21.5. The molecule has 0 atom stereocenters. The van der Waals surface area contributed by atoms with Crippen LogP contribution in [0.3, 0.4) is 0 Å². The van der Waals surface area contributed by atoms with Gasteiger partial charge in [-0.3, -0.25) is 33.1 Å². The number of nitro benzene ring substituents is 1. The molecule has 26 nitrogen and oxygen atoms in total. The lowest BCUT2D eigenvalue weighted by Crippen LogP contribution is -2.05. The van der Waals surface area contributed by atoms with Crippen LogP contribution >= 0.6 is 11.3 Å². The highest BCUT2D eigenvalue weighted by atomic mass is 32.2. The highest BCUT2D eigenvalue weighted by molar-refractivity contribution is 7.86. The van der Waals surface area contributed by atoms with Crippen molar-refractivity contribution in [3.8, 4) is 23.3 Å². The van der Waals surface area contributed by atoms with E-state index >= 15 is 0 Å². The van der Waals surface area contributed by atoms with Crippen LogP contribution in [0.2, 0.25) is 0 Å². The smallest absolute Gasteiger partial charge is 0.295 e. The van der Waals surface area contributed by atoms with Crippen LogP contribution in [-0.2, 0) is 45.3 Å². The summed E-state index contributed by atoms with van der Waals surface area (Å²) < 4.78 is 136. The van der Waals surface area contributed by atoms with E-state index in [0.29, 0.717) is 35.2 Å². The number of nitriles is 2. The van der Waals surface area contributed by atoms with E-state index in [1.807, 2.05) is 12.1 Å². The summed E-state index contributed by atoms with van der Waals surface area (Å²) >= 11 is 0.671. The fourth-order valence-electron chi connectivity index (χ4n) is 6.82. The van der Waals surface area contributed by atoms with Crippen molar-refractivity contribution >= 4 is 124 Å². The molecule has 7 N–H and O–H groups in total. The maximum absolute atomic E-state index is 12.6. The van der Waals surface area contributed by atoms with Crippen LogP contribution < -0.4 is 16.0 Å². The predicted molar refractivity (Wildman–Crippen MR) is 260 cm³/mol. The van der Waals surface area contributed by atoms with Gasteiger partial charge in [-0.05, 0) is 85.3 Å². The van der Waals surface area contributed by atoms with E-state index in [-0.39, 0.29) is 66.5 Å². The van der Waals surface area contributed by atoms with E-state index in [0.717, 1.165) is 30.3 Å². The number of thiophene rings is 1. The van der Waals surface area contributed by atoms with Gasteiger partial charge >= 0.3 is 0 Å². The Kier molecular flexibility index (Phi) is 14.3. The average molecular weight is 1090 g/mol. The van der Waals surface area contributed by atoms with Crippen molar-refractivity contribution in [3.05, 3.63) is 124 Å². The Morgan fingerprint density at radius 1 is 0.644 bits per heavy atom. The molecule has 0 bridgehead atoms. The fourth-order valence-corrected chi connectivity index (χ4v) is 10.1. The molecule has 0 spiro atoms. The van der Waals surface area contributed by atoms with Crippen molar-refractivity contribution in [3.63, 3.8) is 0 Å². The topological polar surface area (TPSA) is 424 Å². The number of pyridine rings is 1. The number of hydrogen-bond donors (Lipinski definition) is 7. The third-order valence-electron chi connectivity index (χ3n) is 10.1. The van der Waals surface area contributed by atoms with Crippen LogP contribution in [0.1, 0.15) is 23.6 Å². The predicted octanol–water partition coefficient (Wildman–Crippen LogP) is 9.19. The quantitative estimate of drug-likeness (QED) is 0.0217. The first kappa shape index (κ1) is 52.3. The van der Waals surface area contributed by atoms with Crippen LogP contribution in [0.25, 0.3) is 21.9 Å². The van der Waals surface area contributed by atoms with Gasteiger partial charge in [-0.25, -0.2) is 4.98 Å². The van der Waals surface area contributed by atoms with Gasteiger partial charge in [-0.2, -0.15) is 44.2 Å². The van der Waals surface area contributed by atoms with E-state index < -0.39 is 93.0 Å². The number of amides is 1. The maximum Gasteiger partial charge on any atom is 0.295 e. The number of carbonyl (C=O) groups excluding carboxylic acids is 1. The van der Waals surface area contributed by atoms with Crippen molar-refractivity contribution in [2.75, 3.05) is 16.0 Å². The zero-order chi connectivity index (χ0) is 53.4. The zero-order valence-corrected chi connectivity index (χ0v) is 40.7. The SMILES string of the molecule is CC(=O)Nc1ccc(-c2c(/N=N/c3cc(S(=O)(=O)O)c4cc([N+](=O)[O-])cc(S(=O)(=O)O)c4c3)sc(/N=N/c3c(Nc4ccc(S(=O)(=O)O)cc4)nc(Nc4ccc(S(=O)(=O)O)cc4)c(C#N)c3C)c2C#N)cc1. The van der Waals surface area contributed by atoms with Crippen molar-refractivity contribution in [2.24, 2.45) is 20.5 Å². The Morgan fingerprint density at radius 2 is 1.14 bits per heavy atom. The number of carbonyl (C=O) groups is 1. The zero-order valence-electron chi connectivity index (χ0n) is 36.6. The highest BCUT2D eigenvalue weighted by Crippen LogP contribution is 2.49. The number of rotatable bonds is 15. The molecular formula is C42H29N11O15S5. The molecule has 0 saturated heterocycles. The maximum atomic E-state index is 12.6. The standard InChI is InChI=1S/C42H29N11O15S5/c1-21-33(19-43)39(46-25-7-11-29(12-8-25)70(57,58)59)48-40(47-26-9-13-30(14-10-26)71(60,61)62)38(21)50-51-41-34(20-44)37(23-3-5-24(6-4-23)45-22(2)54)42(69-41)52-49-27-15-31-32(35(16-27)72(63,64)65)17-28(53(55)56)18-36(31)73(66,67)68/h3-18H,1-2H3,(H,45,54)(H2,46,47,48)(H,57,58,59)(H,60,61,62)(H,63,64,65)(H,66,67,68)/b51-50+,52-49+. The Labute approximate surface area is 416 Å². The number of nitrogens with zero attached hydrogens (tertiary/aromatic N) is 8. The van der Waals surface area contributed by atoms with Gasteiger partial charge in [0.1, 0.15) is 38.2 Å². The van der Waals surface area contributed by atoms with E-state index in [2.05, 4.69) is 41.4 Å². The van der Waals surface area contributed by atoms with E-state index in [4.69, 9.17) is 0 Å². The Morgan fingerprint density at radius 3 is 1.63 bits per heavy atom. The Hall–Kier alpha value is -8.50. The van der Waals surface area contributed by atoms with Crippen LogP contribution in [0, 0.1) is 39.7 Å². The summed E-state index contributed by atoms with van der Waals surface area (Å²) in [6, 6.07) is 22.0. The largest absolute Gasteiger partial charge is 0.339 e. The van der Waals surface area contributed by atoms with Crippen molar-refractivity contribution in [1.82, 2.24) is 4.98 Å². The first-order valence-corrected chi connectivity index (χ1v) is 26.4. The lowest BCUT2D eigenvalue weighted by molar-refractivity contribution is -0.384. The molecule has 0 aliphatic rings. The minimum absolute atomic E-state index is 0.0222. The molecule has 0 aliphatic carbocycles. The molecule has 2 aromatic heterocycles. The van der Waals surface area contributed by atoms with Gasteiger partial charge in [0.15, 0.2) is 16.6 Å². The molecule has 372 valence electrons. The van der Waals surface area contributed by atoms with E-state index in [9.17, 15) is 77.3 Å². The second kappa shape index (κ2) is 20.0. The molecule has 7 rings (SSSR count). The molecule has 0 fully saturated rings. The van der Waals surface area contributed by atoms with Crippen LogP contribution in [0.5, 0.6) is 0 Å². The Balaban J connectivity index is 1.42. The molecular weight excluding hydrogens is 1060 g/mol. The van der Waals surface area contributed by atoms with Gasteiger partial charge in [0.25, 0.3) is 46.2 Å². The van der Waals surface area contributed by atoms with Gasteiger partial charge in [-0.1, -0.05) is 23.5 Å². The van der Waals surface area contributed by atoms with Gasteiger partial charge in [0.05, 0.1) is 26.0 Å². The molecule has 5 aromatic carbocycles. The summed E-state index contributed by atoms with van der Waals surface area (Å²) in [4.78, 5) is 23.8. The van der Waals surface area contributed by atoms with Crippen molar-refractivity contribution in [1.29, 1.82) is 10.5 Å². The van der Waals surface area contributed by atoms with Crippen molar-refractivity contribution in [2.45, 2.75) is 33.4 Å². The lowest BCUT2D eigenvalue weighted by Gasteiger charge is -2.16. The number of benzene rings is 5. The minimum atomic E-state index is -5.30. The normalized spacial score (nSPS) is 12.2. The highest BCUT2D eigenvalue weighted by Gasteiger charge is 2.27. The minimum Gasteiger partial charge on any atom is -0.339 e. The Bertz CT molecular complexity index is 4080. The second-order valence-electron chi connectivity index (χ2n) is 14.9. The molecule has 0 radical (unpaired) electrons. The van der Waals surface area contributed by atoms with Crippen LogP contribution in [0.4, 0.5) is 55.8 Å². The lowest BCUT2D eigenvalue weighted by atomic mass is 10.0. The number of aromatic nitrogens is 1. The summed E-state index contributed by atoms with van der Waals surface area (Å²) in [6.45, 7) is 2.72. The fraction of sp³-hybridized carbons (Fsp3) is 0.0476. The number of fused-ring (bicyclic) bond motifs is 1. The molecule has 7 aromatic rings.